The summed E-state index contributed by atoms with van der Waals surface area (Å²) in [6.07, 6.45) is 1.51. The maximum Gasteiger partial charge on any atom is 0.333 e. The summed E-state index contributed by atoms with van der Waals surface area (Å²) in [6.45, 7) is 0. The Morgan fingerprint density at radius 2 is 1.18 bits per heavy atom. The number of nitrogens with zero attached hydrogens (tertiary/aromatic N) is 3. The van der Waals surface area contributed by atoms with Gasteiger partial charge >= 0.3 is 6.03 Å². The van der Waals surface area contributed by atoms with Crippen molar-refractivity contribution < 1.29 is 19.1 Å². The van der Waals surface area contributed by atoms with E-state index in [2.05, 4.69) is 4.90 Å². The number of carbonyl (C=O) groups is 3. The molecular formula is C26H23N3O4. The van der Waals surface area contributed by atoms with Crippen LogP contribution in [-0.2, 0) is 9.59 Å². The number of rotatable bonds is 5. The van der Waals surface area contributed by atoms with Gasteiger partial charge in [0, 0.05) is 31.2 Å². The molecule has 4 amide bonds. The Morgan fingerprint density at radius 1 is 0.697 bits per heavy atom. The van der Waals surface area contributed by atoms with Crippen LogP contribution in [0.1, 0.15) is 5.56 Å². The zero-order valence-electron chi connectivity index (χ0n) is 18.6. The quantitative estimate of drug-likeness (QED) is 0.428. The Labute approximate surface area is 192 Å². The summed E-state index contributed by atoms with van der Waals surface area (Å²) in [4.78, 5) is 40.8. The van der Waals surface area contributed by atoms with Crippen molar-refractivity contribution in [3.8, 4) is 5.75 Å². The summed E-state index contributed by atoms with van der Waals surface area (Å²) >= 11 is 0. The van der Waals surface area contributed by atoms with Gasteiger partial charge in [0.25, 0.3) is 11.8 Å². The van der Waals surface area contributed by atoms with Crippen LogP contribution in [0.4, 0.5) is 21.9 Å². The average Bonchev–Trinajstić information content (AvgIpc) is 2.86. The maximum absolute atomic E-state index is 12.5. The van der Waals surface area contributed by atoms with Gasteiger partial charge in [-0.2, -0.15) is 0 Å². The first-order chi connectivity index (χ1) is 15.9. The van der Waals surface area contributed by atoms with Crippen LogP contribution in [0.2, 0.25) is 0 Å². The molecule has 4 rings (SSSR count). The number of hydrogen-bond donors (Lipinski definition) is 0. The molecule has 1 saturated heterocycles. The molecule has 0 aliphatic carbocycles. The monoisotopic (exact) mass is 441 g/mol. The number of ether oxygens (including phenoxy) is 1. The normalized spacial score (nSPS) is 13.9. The summed E-state index contributed by atoms with van der Waals surface area (Å²) in [5.41, 5.74) is 3.46. The second-order valence-corrected chi connectivity index (χ2v) is 7.53. The van der Waals surface area contributed by atoms with Crippen molar-refractivity contribution in [1.82, 2.24) is 9.80 Å². The number of barbiturate groups is 1. The van der Waals surface area contributed by atoms with E-state index in [0.29, 0.717) is 5.56 Å². The molecule has 1 aliphatic heterocycles. The van der Waals surface area contributed by atoms with Gasteiger partial charge in [0.2, 0.25) is 0 Å². The van der Waals surface area contributed by atoms with E-state index in [1.54, 1.807) is 7.11 Å². The Bertz CT molecular complexity index is 1190. The first kappa shape index (κ1) is 21.8. The summed E-state index contributed by atoms with van der Waals surface area (Å²) in [5, 5.41) is 0. The Hall–Kier alpha value is -4.39. The number of methoxy groups -OCH3 is 1. The fourth-order valence-electron chi connectivity index (χ4n) is 3.62. The van der Waals surface area contributed by atoms with E-state index in [-0.39, 0.29) is 5.57 Å². The molecule has 3 aromatic rings. The van der Waals surface area contributed by atoms with Gasteiger partial charge in [0.1, 0.15) is 11.3 Å². The molecule has 0 atom stereocenters. The molecule has 0 bridgehead atoms. The third-order valence-corrected chi connectivity index (χ3v) is 5.45. The van der Waals surface area contributed by atoms with Crippen molar-refractivity contribution in [3.05, 3.63) is 90.0 Å². The third kappa shape index (κ3) is 4.21. The van der Waals surface area contributed by atoms with E-state index in [4.69, 9.17) is 4.74 Å². The van der Waals surface area contributed by atoms with Gasteiger partial charge in [-0.15, -0.1) is 0 Å². The van der Waals surface area contributed by atoms with Crippen LogP contribution >= 0.6 is 0 Å². The number of likely N-dealkylation sites (N-methyl/N-ethyl adjacent to an activating group) is 2. The molecule has 7 heteroatoms. The lowest BCUT2D eigenvalue weighted by atomic mass is 10.1. The van der Waals surface area contributed by atoms with Crippen molar-refractivity contribution in [2.75, 3.05) is 26.1 Å². The van der Waals surface area contributed by atoms with Crippen molar-refractivity contribution in [1.29, 1.82) is 0 Å². The van der Waals surface area contributed by atoms with Gasteiger partial charge in [0.15, 0.2) is 0 Å². The van der Waals surface area contributed by atoms with Crippen LogP contribution in [0.15, 0.2) is 84.4 Å². The molecule has 1 fully saturated rings. The van der Waals surface area contributed by atoms with E-state index >= 15 is 0 Å². The average molecular weight is 441 g/mol. The lowest BCUT2D eigenvalue weighted by Gasteiger charge is -2.29. The Morgan fingerprint density at radius 3 is 1.70 bits per heavy atom. The van der Waals surface area contributed by atoms with Crippen molar-refractivity contribution >= 4 is 41.0 Å². The number of imide groups is 2. The molecule has 3 aromatic carbocycles. The van der Waals surface area contributed by atoms with Crippen LogP contribution in [-0.4, -0.2) is 48.9 Å². The molecule has 0 N–H and O–H groups in total. The second kappa shape index (κ2) is 9.00. The number of hydrogen-bond acceptors (Lipinski definition) is 5. The third-order valence-electron chi connectivity index (χ3n) is 5.45. The molecule has 0 spiro atoms. The molecule has 0 saturated carbocycles. The predicted octanol–water partition coefficient (Wildman–Crippen LogP) is 4.60. The van der Waals surface area contributed by atoms with Crippen LogP contribution in [0.5, 0.6) is 5.75 Å². The molecule has 0 unspecified atom stereocenters. The number of urea groups is 1. The number of para-hydroxylation sites is 1. The summed E-state index contributed by atoms with van der Waals surface area (Å²) in [6, 6.07) is 24.5. The zero-order chi connectivity index (χ0) is 23.5. The van der Waals surface area contributed by atoms with Crippen LogP contribution < -0.4 is 9.64 Å². The lowest BCUT2D eigenvalue weighted by molar-refractivity contribution is -0.134. The number of benzene rings is 3. The van der Waals surface area contributed by atoms with E-state index in [0.717, 1.165) is 32.6 Å². The highest BCUT2D eigenvalue weighted by Crippen LogP contribution is 2.35. The highest BCUT2D eigenvalue weighted by atomic mass is 16.5. The second-order valence-electron chi connectivity index (χ2n) is 7.53. The summed E-state index contributed by atoms with van der Waals surface area (Å²) in [5.74, 6) is -0.461. The molecule has 1 heterocycles. The van der Waals surface area contributed by atoms with Gasteiger partial charge in [-0.1, -0.05) is 30.3 Å². The van der Waals surface area contributed by atoms with Gasteiger partial charge < -0.3 is 9.64 Å². The van der Waals surface area contributed by atoms with Gasteiger partial charge in [-0.3, -0.25) is 19.4 Å². The molecule has 0 radical (unpaired) electrons. The van der Waals surface area contributed by atoms with Crippen LogP contribution in [0, 0.1) is 0 Å². The highest BCUT2D eigenvalue weighted by molar-refractivity contribution is 6.30. The van der Waals surface area contributed by atoms with E-state index in [1.165, 1.54) is 20.2 Å². The molecule has 1 aliphatic rings. The predicted molar refractivity (Wildman–Crippen MR) is 127 cm³/mol. The van der Waals surface area contributed by atoms with Gasteiger partial charge in [-0.25, -0.2) is 4.79 Å². The smallest absolute Gasteiger partial charge is 0.333 e. The lowest BCUT2D eigenvalue weighted by Crippen LogP contribution is -2.52. The van der Waals surface area contributed by atoms with Crippen LogP contribution in [0.25, 0.3) is 6.08 Å². The molecule has 166 valence electrons. The topological polar surface area (TPSA) is 70.2 Å². The fraction of sp³-hybridized carbons (Fsp3) is 0.115. The first-order valence-electron chi connectivity index (χ1n) is 10.3. The van der Waals surface area contributed by atoms with E-state index in [9.17, 15) is 14.4 Å². The maximum atomic E-state index is 12.5. The SMILES string of the molecule is COc1ccc(N(c2ccccc2)c2ccc(C=C3C(=O)N(C)C(=O)N(C)C3=O)cc2)cc1. The minimum atomic E-state index is -0.643. The zero-order valence-corrected chi connectivity index (χ0v) is 18.6. The fourth-order valence-corrected chi connectivity index (χ4v) is 3.62. The van der Waals surface area contributed by atoms with Crippen molar-refractivity contribution in [3.63, 3.8) is 0 Å². The summed E-state index contributed by atoms with van der Waals surface area (Å²) in [7, 11) is 4.35. The minimum absolute atomic E-state index is 0.0533. The first-order valence-corrected chi connectivity index (χ1v) is 10.3. The Kier molecular flexibility index (Phi) is 5.95. The number of anilines is 3. The van der Waals surface area contributed by atoms with Gasteiger partial charge in [-0.05, 0) is 60.2 Å². The summed E-state index contributed by atoms with van der Waals surface area (Å²) < 4.78 is 5.28. The van der Waals surface area contributed by atoms with Gasteiger partial charge in [0.05, 0.1) is 7.11 Å². The minimum Gasteiger partial charge on any atom is -0.497 e. The number of carbonyl (C=O) groups excluding carboxylic acids is 3. The van der Waals surface area contributed by atoms with E-state index < -0.39 is 17.8 Å². The van der Waals surface area contributed by atoms with Crippen LogP contribution in [0.3, 0.4) is 0 Å². The van der Waals surface area contributed by atoms with E-state index in [1.807, 2.05) is 78.9 Å². The molecule has 7 nitrogen and oxygen atoms in total. The number of amides is 4. The Balaban J connectivity index is 1.70. The van der Waals surface area contributed by atoms with Crippen molar-refractivity contribution in [2.24, 2.45) is 0 Å². The molecule has 0 aromatic heterocycles. The highest BCUT2D eigenvalue weighted by Gasteiger charge is 2.37. The molecular weight excluding hydrogens is 418 g/mol. The van der Waals surface area contributed by atoms with Crippen molar-refractivity contribution in [2.45, 2.75) is 0 Å². The standard InChI is InChI=1S/C26H23N3O4/c1-27-24(30)23(25(31)28(2)26(27)32)17-18-9-11-20(12-10-18)29(19-7-5-4-6-8-19)21-13-15-22(33-3)16-14-21/h4-17H,1-3H3. The molecule has 33 heavy (non-hydrogen) atoms. The largest absolute Gasteiger partial charge is 0.497 e.